The van der Waals surface area contributed by atoms with Crippen LogP contribution in [0.4, 0.5) is 26.3 Å². The second kappa shape index (κ2) is 16.1. The summed E-state index contributed by atoms with van der Waals surface area (Å²) < 4.78 is 74.2. The molecule has 0 bridgehead atoms. The molecule has 0 aromatic heterocycles. The first kappa shape index (κ1) is 36.6. The first-order valence-electron chi connectivity index (χ1n) is 13.9. The summed E-state index contributed by atoms with van der Waals surface area (Å²) in [5.41, 5.74) is 5.31. The first-order chi connectivity index (χ1) is 22.0. The normalized spacial score (nSPS) is 14.6. The van der Waals surface area contributed by atoms with Gasteiger partial charge in [0.1, 0.15) is 0 Å². The molecule has 2 aliphatic heterocycles. The predicted octanol–water partition coefficient (Wildman–Crippen LogP) is 5.03. The van der Waals surface area contributed by atoms with Crippen LogP contribution in [0.2, 0.25) is 0 Å². The standard InChI is InChI=1S/C27H29N3O3.2C2HF3O2/c1-29-10-12-30(13-11-29)18-21-5-3-7-23(15-21)22-6-2-4-20(14-22)17-28-27(31)24-8-9-25-26(16-24)33-19-32-25;2*3-2(4,5)1(6)7/h2-9,14-16H,10-13,17-19H2,1H3,(H,28,31);2*(H,6,7). The van der Waals surface area contributed by atoms with Crippen molar-refractivity contribution in [2.45, 2.75) is 25.4 Å². The average molecular weight is 672 g/mol. The third-order valence-electron chi connectivity index (χ3n) is 6.76. The quantitative estimate of drug-likeness (QED) is 0.310. The molecule has 1 saturated heterocycles. The number of alkyl halides is 6. The van der Waals surface area contributed by atoms with E-state index in [1.54, 1.807) is 18.2 Å². The van der Waals surface area contributed by atoms with Crippen LogP contribution in [0.25, 0.3) is 11.1 Å². The van der Waals surface area contributed by atoms with Crippen molar-refractivity contribution < 1.29 is 60.4 Å². The number of piperazine rings is 1. The lowest BCUT2D eigenvalue weighted by atomic mass is 10.0. The number of aliphatic carboxylic acids is 2. The first-order valence-corrected chi connectivity index (χ1v) is 13.9. The second-order valence-electron chi connectivity index (χ2n) is 10.3. The Kier molecular flexibility index (Phi) is 12.6. The number of amides is 1. The summed E-state index contributed by atoms with van der Waals surface area (Å²) in [5, 5.41) is 17.3. The number of hydrogen-bond donors (Lipinski definition) is 3. The minimum Gasteiger partial charge on any atom is -0.475 e. The number of nitrogens with one attached hydrogen (secondary N) is 1. The Morgan fingerprint density at radius 1 is 0.745 bits per heavy atom. The van der Waals surface area contributed by atoms with Crippen molar-refractivity contribution in [1.29, 1.82) is 0 Å². The van der Waals surface area contributed by atoms with Crippen molar-refractivity contribution in [3.05, 3.63) is 83.4 Å². The van der Waals surface area contributed by atoms with Crippen molar-refractivity contribution in [3.8, 4) is 22.6 Å². The number of carbonyl (C=O) groups is 3. The van der Waals surface area contributed by atoms with Gasteiger partial charge in [-0.2, -0.15) is 26.3 Å². The zero-order chi connectivity index (χ0) is 34.8. The summed E-state index contributed by atoms with van der Waals surface area (Å²) in [4.78, 5) is 35.3. The molecule has 2 aliphatic rings. The van der Waals surface area contributed by atoms with Crippen LogP contribution >= 0.6 is 0 Å². The molecule has 0 aliphatic carbocycles. The van der Waals surface area contributed by atoms with Gasteiger partial charge >= 0.3 is 24.3 Å². The highest BCUT2D eigenvalue weighted by molar-refractivity contribution is 5.94. The lowest BCUT2D eigenvalue weighted by Crippen LogP contribution is -2.43. The summed E-state index contributed by atoms with van der Waals surface area (Å²) in [6.45, 7) is 6.11. The summed E-state index contributed by atoms with van der Waals surface area (Å²) in [7, 11) is 2.18. The highest BCUT2D eigenvalue weighted by Crippen LogP contribution is 2.32. The minimum atomic E-state index is -5.08. The van der Waals surface area contributed by atoms with Crippen molar-refractivity contribution in [2.75, 3.05) is 40.0 Å². The molecule has 0 radical (unpaired) electrons. The van der Waals surface area contributed by atoms with Gasteiger partial charge in [0.25, 0.3) is 5.91 Å². The van der Waals surface area contributed by atoms with Gasteiger partial charge in [0, 0.05) is 44.8 Å². The van der Waals surface area contributed by atoms with Gasteiger partial charge in [0.2, 0.25) is 6.79 Å². The van der Waals surface area contributed by atoms with E-state index in [4.69, 9.17) is 29.3 Å². The van der Waals surface area contributed by atoms with Crippen LogP contribution in [0.15, 0.2) is 66.7 Å². The molecule has 2 heterocycles. The lowest BCUT2D eigenvalue weighted by Gasteiger charge is -2.32. The molecule has 16 heteroatoms. The third kappa shape index (κ3) is 11.8. The van der Waals surface area contributed by atoms with Crippen molar-refractivity contribution in [2.24, 2.45) is 0 Å². The molecule has 0 saturated carbocycles. The van der Waals surface area contributed by atoms with E-state index in [0.29, 0.717) is 23.6 Å². The van der Waals surface area contributed by atoms with Crippen molar-refractivity contribution in [3.63, 3.8) is 0 Å². The van der Waals surface area contributed by atoms with Crippen LogP contribution in [0.3, 0.4) is 0 Å². The van der Waals surface area contributed by atoms with Crippen LogP contribution in [-0.4, -0.2) is 90.2 Å². The number of nitrogens with zero attached hydrogens (tertiary/aromatic N) is 2. The molecule has 1 fully saturated rings. The number of rotatable bonds is 6. The molecule has 0 spiro atoms. The molecule has 3 aromatic rings. The monoisotopic (exact) mass is 671 g/mol. The SMILES string of the molecule is CN1CCN(Cc2cccc(-c3cccc(CNC(=O)c4ccc5c(c4)OCO5)c3)c2)CC1.O=C(O)C(F)(F)F.O=C(O)C(F)(F)F. The Balaban J connectivity index is 0.000000360. The van der Waals surface area contributed by atoms with Gasteiger partial charge in [-0.15, -0.1) is 0 Å². The smallest absolute Gasteiger partial charge is 0.475 e. The molecular weight excluding hydrogens is 640 g/mol. The fraction of sp³-hybridized carbons (Fsp3) is 0.323. The maximum atomic E-state index is 12.6. The molecule has 3 aromatic carbocycles. The highest BCUT2D eigenvalue weighted by atomic mass is 19.4. The number of carboxylic acid groups (broad SMARTS) is 2. The number of carboxylic acids is 2. The molecule has 0 atom stereocenters. The number of hydrogen-bond acceptors (Lipinski definition) is 7. The molecule has 1 amide bonds. The number of ether oxygens (including phenoxy) is 2. The Hall–Kier alpha value is -4.83. The minimum absolute atomic E-state index is 0.132. The summed E-state index contributed by atoms with van der Waals surface area (Å²) in [6.07, 6.45) is -10.2. The fourth-order valence-corrected chi connectivity index (χ4v) is 4.30. The van der Waals surface area contributed by atoms with Gasteiger partial charge in [0.05, 0.1) is 0 Å². The third-order valence-corrected chi connectivity index (χ3v) is 6.76. The van der Waals surface area contributed by atoms with E-state index < -0.39 is 24.3 Å². The van der Waals surface area contributed by atoms with E-state index in [1.165, 1.54) is 11.1 Å². The topological polar surface area (TPSA) is 129 Å². The van der Waals surface area contributed by atoms with Gasteiger partial charge in [-0.25, -0.2) is 9.59 Å². The zero-order valence-corrected chi connectivity index (χ0v) is 24.9. The average Bonchev–Trinajstić information content (AvgIpc) is 3.49. The van der Waals surface area contributed by atoms with Crippen LogP contribution in [-0.2, 0) is 22.7 Å². The predicted molar refractivity (Wildman–Crippen MR) is 156 cm³/mol. The van der Waals surface area contributed by atoms with Crippen LogP contribution in [0.1, 0.15) is 21.5 Å². The van der Waals surface area contributed by atoms with E-state index in [9.17, 15) is 31.1 Å². The largest absolute Gasteiger partial charge is 0.490 e. The second-order valence-corrected chi connectivity index (χ2v) is 10.3. The number of benzene rings is 3. The van der Waals surface area contributed by atoms with E-state index in [0.717, 1.165) is 43.9 Å². The molecule has 254 valence electrons. The summed E-state index contributed by atoms with van der Waals surface area (Å²) in [6, 6.07) is 22.4. The fourth-order valence-electron chi connectivity index (χ4n) is 4.30. The summed E-state index contributed by atoms with van der Waals surface area (Å²) >= 11 is 0. The van der Waals surface area contributed by atoms with Crippen LogP contribution < -0.4 is 14.8 Å². The molecule has 3 N–H and O–H groups in total. The van der Waals surface area contributed by atoms with Crippen molar-refractivity contribution in [1.82, 2.24) is 15.1 Å². The number of fused-ring (bicyclic) bond motifs is 1. The van der Waals surface area contributed by atoms with E-state index in [2.05, 4.69) is 58.6 Å². The maximum Gasteiger partial charge on any atom is 0.490 e. The molecular formula is C31H31F6N3O7. The van der Waals surface area contributed by atoms with Crippen LogP contribution in [0.5, 0.6) is 11.5 Å². The lowest BCUT2D eigenvalue weighted by molar-refractivity contribution is -0.193. The Bertz CT molecular complexity index is 1520. The molecule has 10 nitrogen and oxygen atoms in total. The summed E-state index contributed by atoms with van der Waals surface area (Å²) in [5.74, 6) is -4.36. The van der Waals surface area contributed by atoms with E-state index in [1.807, 2.05) is 12.1 Å². The van der Waals surface area contributed by atoms with Gasteiger partial charge in [-0.3, -0.25) is 9.69 Å². The van der Waals surface area contributed by atoms with Gasteiger partial charge in [-0.05, 0) is 59.6 Å². The molecule has 47 heavy (non-hydrogen) atoms. The van der Waals surface area contributed by atoms with Crippen molar-refractivity contribution >= 4 is 17.8 Å². The van der Waals surface area contributed by atoms with Crippen LogP contribution in [0, 0.1) is 0 Å². The van der Waals surface area contributed by atoms with Gasteiger partial charge in [-0.1, -0.05) is 36.4 Å². The Labute approximate surface area is 265 Å². The Morgan fingerprint density at radius 2 is 1.26 bits per heavy atom. The zero-order valence-electron chi connectivity index (χ0n) is 24.9. The highest BCUT2D eigenvalue weighted by Gasteiger charge is 2.38. The maximum absolute atomic E-state index is 12.6. The van der Waals surface area contributed by atoms with E-state index in [-0.39, 0.29) is 12.7 Å². The van der Waals surface area contributed by atoms with E-state index >= 15 is 0 Å². The van der Waals surface area contributed by atoms with Gasteiger partial charge in [0.15, 0.2) is 11.5 Å². The number of likely N-dealkylation sites (N-methyl/N-ethyl adjacent to an activating group) is 1. The number of halogens is 6. The molecule has 5 rings (SSSR count). The molecule has 0 unspecified atom stereocenters. The Morgan fingerprint density at radius 3 is 1.81 bits per heavy atom. The van der Waals surface area contributed by atoms with Gasteiger partial charge < -0.3 is 29.9 Å². The number of carbonyl (C=O) groups excluding carboxylic acids is 1.